The molecule has 0 aliphatic heterocycles. The Bertz CT molecular complexity index is 1240. The Labute approximate surface area is 146 Å². The minimum atomic E-state index is -0.524. The van der Waals surface area contributed by atoms with Crippen LogP contribution >= 0.6 is 0 Å². The summed E-state index contributed by atoms with van der Waals surface area (Å²) in [7, 11) is 0. The molecule has 0 unspecified atom stereocenters. The van der Waals surface area contributed by atoms with Crippen molar-refractivity contribution in [2.24, 2.45) is 0 Å². The smallest absolute Gasteiger partial charge is 0.344 e. The summed E-state index contributed by atoms with van der Waals surface area (Å²) in [5, 5.41) is 12.7. The number of non-ortho nitro benzene ring substituents is 1. The van der Waals surface area contributed by atoms with Gasteiger partial charge in [-0.15, -0.1) is 0 Å². The number of hydrogen-bond acceptors (Lipinski definition) is 5. The van der Waals surface area contributed by atoms with Crippen molar-refractivity contribution in [3.8, 4) is 0 Å². The number of nitro benzene ring substituents is 1. The number of nitrogens with zero attached hydrogens (tertiary/aromatic N) is 1. The van der Waals surface area contributed by atoms with Crippen molar-refractivity contribution in [1.29, 1.82) is 0 Å². The van der Waals surface area contributed by atoms with Crippen molar-refractivity contribution < 1.29 is 14.1 Å². The van der Waals surface area contributed by atoms with E-state index in [-0.39, 0.29) is 11.5 Å². The molecular weight excluding hydrogens is 334 g/mol. The fraction of sp³-hybridized carbons (Fsp3) is 0. The zero-order valence-electron chi connectivity index (χ0n) is 13.3. The largest absolute Gasteiger partial charge is 0.422 e. The summed E-state index contributed by atoms with van der Waals surface area (Å²) in [6.45, 7) is 0. The Morgan fingerprint density at radius 2 is 1.50 bits per heavy atom. The molecule has 0 radical (unpaired) electrons. The van der Waals surface area contributed by atoms with Gasteiger partial charge in [0.1, 0.15) is 5.58 Å². The van der Waals surface area contributed by atoms with Gasteiger partial charge in [-0.3, -0.25) is 14.9 Å². The standard InChI is InChI=1S/C20H11NO5/c22-19(12-5-8-14(9-6-12)21(24)25)13-7-10-16-15-3-1-2-4-17(15)20(23)26-18(16)11-13/h1-11H. The average Bonchev–Trinajstić information content (AvgIpc) is 2.67. The second-order valence-electron chi connectivity index (χ2n) is 5.78. The third kappa shape index (κ3) is 2.53. The van der Waals surface area contributed by atoms with Gasteiger partial charge >= 0.3 is 5.63 Å². The monoisotopic (exact) mass is 345 g/mol. The van der Waals surface area contributed by atoms with Gasteiger partial charge in [-0.1, -0.05) is 24.3 Å². The maximum Gasteiger partial charge on any atom is 0.344 e. The van der Waals surface area contributed by atoms with E-state index in [0.717, 1.165) is 10.8 Å². The van der Waals surface area contributed by atoms with Crippen LogP contribution in [0.5, 0.6) is 0 Å². The molecule has 4 aromatic rings. The fourth-order valence-corrected chi connectivity index (χ4v) is 2.92. The van der Waals surface area contributed by atoms with Gasteiger partial charge in [0.2, 0.25) is 0 Å². The van der Waals surface area contributed by atoms with Crippen molar-refractivity contribution in [2.75, 3.05) is 0 Å². The molecule has 6 heteroatoms. The van der Waals surface area contributed by atoms with Gasteiger partial charge in [0.05, 0.1) is 10.3 Å². The summed E-state index contributed by atoms with van der Waals surface area (Å²) in [6.07, 6.45) is 0. The zero-order chi connectivity index (χ0) is 18.3. The molecule has 1 aromatic heterocycles. The number of fused-ring (bicyclic) bond motifs is 3. The second kappa shape index (κ2) is 5.93. The number of rotatable bonds is 3. The molecule has 0 spiro atoms. The Hall–Kier alpha value is -3.80. The first kappa shape index (κ1) is 15.7. The van der Waals surface area contributed by atoms with E-state index >= 15 is 0 Å². The van der Waals surface area contributed by atoms with Crippen molar-refractivity contribution in [2.45, 2.75) is 0 Å². The van der Waals surface area contributed by atoms with E-state index in [9.17, 15) is 19.7 Å². The van der Waals surface area contributed by atoms with Crippen LogP contribution in [0.15, 0.2) is 75.9 Å². The lowest BCUT2D eigenvalue weighted by Crippen LogP contribution is -2.03. The minimum absolute atomic E-state index is 0.0856. The summed E-state index contributed by atoms with van der Waals surface area (Å²) < 4.78 is 5.36. The fourth-order valence-electron chi connectivity index (χ4n) is 2.92. The maximum atomic E-state index is 12.6. The second-order valence-corrected chi connectivity index (χ2v) is 5.78. The van der Waals surface area contributed by atoms with Crippen LogP contribution in [0.4, 0.5) is 5.69 Å². The summed E-state index contributed by atoms with van der Waals surface area (Å²) in [4.78, 5) is 35.0. The topological polar surface area (TPSA) is 90.4 Å². The number of benzene rings is 3. The summed E-state index contributed by atoms with van der Waals surface area (Å²) >= 11 is 0. The first-order valence-corrected chi connectivity index (χ1v) is 7.79. The molecule has 26 heavy (non-hydrogen) atoms. The van der Waals surface area contributed by atoms with Crippen LogP contribution in [-0.4, -0.2) is 10.7 Å². The van der Waals surface area contributed by atoms with E-state index in [2.05, 4.69) is 0 Å². The van der Waals surface area contributed by atoms with E-state index in [1.54, 1.807) is 24.3 Å². The molecule has 6 nitrogen and oxygen atoms in total. The third-order valence-electron chi connectivity index (χ3n) is 4.22. The molecule has 0 saturated heterocycles. The Morgan fingerprint density at radius 1 is 0.846 bits per heavy atom. The Morgan fingerprint density at radius 3 is 2.19 bits per heavy atom. The summed E-state index contributed by atoms with van der Waals surface area (Å²) in [5.41, 5.74) is 0.426. The number of nitro groups is 1. The van der Waals surface area contributed by atoms with Crippen molar-refractivity contribution in [3.05, 3.63) is 98.4 Å². The highest BCUT2D eigenvalue weighted by molar-refractivity contribution is 6.12. The van der Waals surface area contributed by atoms with Gasteiger partial charge in [-0.05, 0) is 35.7 Å². The van der Waals surface area contributed by atoms with Gasteiger partial charge in [-0.2, -0.15) is 0 Å². The first-order chi connectivity index (χ1) is 12.5. The van der Waals surface area contributed by atoms with Crippen LogP contribution in [0.3, 0.4) is 0 Å². The Balaban J connectivity index is 1.82. The van der Waals surface area contributed by atoms with Crippen LogP contribution in [0, 0.1) is 10.1 Å². The van der Waals surface area contributed by atoms with Gasteiger partial charge in [0, 0.05) is 28.6 Å². The lowest BCUT2D eigenvalue weighted by molar-refractivity contribution is -0.384. The molecule has 0 bridgehead atoms. The number of carbonyl (C=O) groups is 1. The minimum Gasteiger partial charge on any atom is -0.422 e. The van der Waals surface area contributed by atoms with E-state index < -0.39 is 10.5 Å². The molecule has 126 valence electrons. The lowest BCUT2D eigenvalue weighted by atomic mass is 10.0. The average molecular weight is 345 g/mol. The van der Waals surface area contributed by atoms with Gasteiger partial charge < -0.3 is 4.42 Å². The SMILES string of the molecule is O=C(c1ccc([N+](=O)[O-])cc1)c1ccc2c(c1)oc(=O)c1ccccc12. The van der Waals surface area contributed by atoms with Crippen LogP contribution < -0.4 is 5.63 Å². The van der Waals surface area contributed by atoms with Crippen LogP contribution in [0.1, 0.15) is 15.9 Å². The Kier molecular flexibility index (Phi) is 3.58. The normalized spacial score (nSPS) is 10.9. The van der Waals surface area contributed by atoms with E-state index in [4.69, 9.17) is 4.42 Å². The van der Waals surface area contributed by atoms with Gasteiger partial charge in [0.15, 0.2) is 5.78 Å². The third-order valence-corrected chi connectivity index (χ3v) is 4.22. The lowest BCUT2D eigenvalue weighted by Gasteiger charge is -2.05. The van der Waals surface area contributed by atoms with Crippen molar-refractivity contribution in [1.82, 2.24) is 0 Å². The van der Waals surface area contributed by atoms with Crippen LogP contribution in [-0.2, 0) is 0 Å². The molecule has 0 saturated carbocycles. The van der Waals surface area contributed by atoms with E-state index in [1.165, 1.54) is 30.3 Å². The molecule has 0 fully saturated rings. The highest BCUT2D eigenvalue weighted by Crippen LogP contribution is 2.25. The molecule has 0 N–H and O–H groups in total. The summed E-state index contributed by atoms with van der Waals surface area (Å²) in [6, 6.07) is 17.4. The number of ketones is 1. The van der Waals surface area contributed by atoms with Crippen molar-refractivity contribution in [3.63, 3.8) is 0 Å². The molecule has 3 aromatic carbocycles. The molecular formula is C20H11NO5. The van der Waals surface area contributed by atoms with E-state index in [1.807, 2.05) is 12.1 Å². The maximum absolute atomic E-state index is 12.6. The highest BCUT2D eigenvalue weighted by Gasteiger charge is 2.14. The molecule has 0 aliphatic rings. The molecule has 1 heterocycles. The first-order valence-electron chi connectivity index (χ1n) is 7.79. The van der Waals surface area contributed by atoms with Crippen LogP contribution in [0.2, 0.25) is 0 Å². The number of hydrogen-bond donors (Lipinski definition) is 0. The molecule has 0 atom stereocenters. The van der Waals surface area contributed by atoms with Gasteiger partial charge in [-0.25, -0.2) is 4.79 Å². The molecule has 4 rings (SSSR count). The quantitative estimate of drug-likeness (QED) is 0.183. The molecule has 0 aliphatic carbocycles. The van der Waals surface area contributed by atoms with Crippen molar-refractivity contribution >= 4 is 33.2 Å². The number of carbonyl (C=O) groups excluding carboxylic acids is 1. The highest BCUT2D eigenvalue weighted by atomic mass is 16.6. The van der Waals surface area contributed by atoms with E-state index in [0.29, 0.717) is 22.1 Å². The van der Waals surface area contributed by atoms with Crippen LogP contribution in [0.25, 0.3) is 21.7 Å². The zero-order valence-corrected chi connectivity index (χ0v) is 13.3. The predicted molar refractivity (Wildman–Crippen MR) is 96.5 cm³/mol. The summed E-state index contributed by atoms with van der Waals surface area (Å²) in [5.74, 6) is -0.308. The molecule has 0 amide bonds. The predicted octanol–water partition coefficient (Wildman–Crippen LogP) is 4.09. The van der Waals surface area contributed by atoms with Gasteiger partial charge in [0.25, 0.3) is 5.69 Å².